The van der Waals surface area contributed by atoms with Crippen molar-refractivity contribution in [1.29, 1.82) is 0 Å². The molecular weight excluding hydrogens is 288 g/mol. The number of benzene rings is 3. The van der Waals surface area contributed by atoms with E-state index in [0.717, 1.165) is 0 Å². The van der Waals surface area contributed by atoms with E-state index in [1.807, 2.05) is 0 Å². The lowest BCUT2D eigenvalue weighted by atomic mass is 9.90. The topological polar surface area (TPSA) is 0 Å². The van der Waals surface area contributed by atoms with Gasteiger partial charge >= 0.3 is 0 Å². The lowest BCUT2D eigenvalue weighted by molar-refractivity contribution is 1.02. The summed E-state index contributed by atoms with van der Waals surface area (Å²) in [7, 11) is 0. The molecule has 0 heterocycles. The molecule has 0 radical (unpaired) electrons. The highest BCUT2D eigenvalue weighted by Gasteiger charge is 2.30. The molecule has 0 saturated heterocycles. The highest BCUT2D eigenvalue weighted by molar-refractivity contribution is 5.97. The number of allylic oxidation sites excluding steroid dienone is 2. The second-order valence-corrected chi connectivity index (χ2v) is 6.42. The van der Waals surface area contributed by atoms with Gasteiger partial charge in [-0.1, -0.05) is 91.0 Å². The lowest BCUT2D eigenvalue weighted by Gasteiger charge is -2.13. The maximum atomic E-state index is 4.45. The normalized spacial score (nSPS) is 18.0. The summed E-state index contributed by atoms with van der Waals surface area (Å²) in [6.45, 7) is 6.57. The minimum Gasteiger partial charge on any atom is -0.0942 e. The van der Waals surface area contributed by atoms with Crippen LogP contribution in [0.25, 0.3) is 11.6 Å². The van der Waals surface area contributed by atoms with Gasteiger partial charge in [0.05, 0.1) is 0 Å². The summed E-state index contributed by atoms with van der Waals surface area (Å²) in [5, 5.41) is 0. The SMILES string of the molecule is C=C1C(=Cc2ccc(C)cc2)c2ccccc2C1c1ccccc1. The van der Waals surface area contributed by atoms with Crippen molar-refractivity contribution in [3.05, 3.63) is 119 Å². The third-order valence-corrected chi connectivity index (χ3v) is 4.78. The Balaban J connectivity index is 1.85. The Hall–Kier alpha value is -2.86. The highest BCUT2D eigenvalue weighted by Crippen LogP contribution is 2.48. The predicted octanol–water partition coefficient (Wildman–Crippen LogP) is 6.24. The van der Waals surface area contributed by atoms with Gasteiger partial charge in [0.2, 0.25) is 0 Å². The molecule has 3 aromatic carbocycles. The summed E-state index contributed by atoms with van der Waals surface area (Å²) in [6, 6.07) is 28.0. The van der Waals surface area contributed by atoms with Crippen LogP contribution in [0.1, 0.15) is 33.7 Å². The monoisotopic (exact) mass is 308 g/mol. The van der Waals surface area contributed by atoms with Crippen LogP contribution in [0.15, 0.2) is 91.0 Å². The van der Waals surface area contributed by atoms with Gasteiger partial charge in [0.1, 0.15) is 0 Å². The number of rotatable bonds is 2. The summed E-state index contributed by atoms with van der Waals surface area (Å²) in [5.41, 5.74) is 8.91. The quantitative estimate of drug-likeness (QED) is 0.526. The fourth-order valence-corrected chi connectivity index (χ4v) is 3.54. The molecule has 0 nitrogen and oxygen atoms in total. The zero-order valence-corrected chi connectivity index (χ0v) is 13.9. The standard InChI is InChI=1S/C24H20/c1-17-12-14-19(15-13-17)16-23-18(2)24(20-8-4-3-5-9-20)22-11-7-6-10-21(22)23/h3-16,24H,2H2,1H3. The van der Waals surface area contributed by atoms with Crippen LogP contribution in [-0.4, -0.2) is 0 Å². The van der Waals surface area contributed by atoms with Gasteiger partial charge in [0.25, 0.3) is 0 Å². The van der Waals surface area contributed by atoms with Gasteiger partial charge in [0, 0.05) is 5.92 Å². The minimum atomic E-state index is 0.249. The molecule has 0 amide bonds. The Kier molecular flexibility index (Phi) is 3.66. The maximum Gasteiger partial charge on any atom is 0.0346 e. The van der Waals surface area contributed by atoms with E-state index in [1.54, 1.807) is 0 Å². The molecule has 3 aromatic rings. The second kappa shape index (κ2) is 5.98. The van der Waals surface area contributed by atoms with E-state index in [-0.39, 0.29) is 5.92 Å². The summed E-state index contributed by atoms with van der Waals surface area (Å²) in [6.07, 6.45) is 2.27. The first-order valence-electron chi connectivity index (χ1n) is 8.36. The molecule has 0 heteroatoms. The molecule has 116 valence electrons. The van der Waals surface area contributed by atoms with E-state index in [0.29, 0.717) is 0 Å². The molecule has 1 aliphatic rings. The van der Waals surface area contributed by atoms with Crippen molar-refractivity contribution in [1.82, 2.24) is 0 Å². The van der Waals surface area contributed by atoms with Gasteiger partial charge in [-0.05, 0) is 46.4 Å². The fourth-order valence-electron chi connectivity index (χ4n) is 3.54. The lowest BCUT2D eigenvalue weighted by Crippen LogP contribution is -1.97. The first-order valence-corrected chi connectivity index (χ1v) is 8.36. The van der Waals surface area contributed by atoms with Crippen LogP contribution in [-0.2, 0) is 0 Å². The molecule has 0 aromatic heterocycles. The number of aryl methyl sites for hydroxylation is 1. The first kappa shape index (κ1) is 14.7. The van der Waals surface area contributed by atoms with E-state index in [1.165, 1.54) is 39.0 Å². The van der Waals surface area contributed by atoms with Crippen molar-refractivity contribution in [3.63, 3.8) is 0 Å². The van der Waals surface area contributed by atoms with E-state index in [9.17, 15) is 0 Å². The van der Waals surface area contributed by atoms with E-state index in [4.69, 9.17) is 0 Å². The largest absolute Gasteiger partial charge is 0.0942 e. The molecule has 0 fully saturated rings. The van der Waals surface area contributed by atoms with Gasteiger partial charge in [0.15, 0.2) is 0 Å². The van der Waals surface area contributed by atoms with Crippen molar-refractivity contribution < 1.29 is 0 Å². The number of fused-ring (bicyclic) bond motifs is 1. The molecule has 0 N–H and O–H groups in total. The van der Waals surface area contributed by atoms with Gasteiger partial charge in [-0.3, -0.25) is 0 Å². The Labute approximate surface area is 143 Å². The average Bonchev–Trinajstić information content (AvgIpc) is 2.90. The average molecular weight is 308 g/mol. The Morgan fingerprint density at radius 1 is 0.792 bits per heavy atom. The van der Waals surface area contributed by atoms with E-state index in [2.05, 4.69) is 98.4 Å². The highest BCUT2D eigenvalue weighted by atomic mass is 14.3. The smallest absolute Gasteiger partial charge is 0.0346 e. The third-order valence-electron chi connectivity index (χ3n) is 4.78. The molecule has 0 saturated carbocycles. The van der Waals surface area contributed by atoms with Crippen molar-refractivity contribution >= 4 is 11.6 Å². The summed E-state index contributed by atoms with van der Waals surface area (Å²) in [5.74, 6) is 0.249. The van der Waals surface area contributed by atoms with Crippen LogP contribution in [0.5, 0.6) is 0 Å². The Morgan fingerprint density at radius 2 is 1.46 bits per heavy atom. The molecule has 24 heavy (non-hydrogen) atoms. The summed E-state index contributed by atoms with van der Waals surface area (Å²) < 4.78 is 0. The van der Waals surface area contributed by atoms with Crippen molar-refractivity contribution in [2.24, 2.45) is 0 Å². The zero-order valence-electron chi connectivity index (χ0n) is 13.9. The molecule has 0 bridgehead atoms. The summed E-state index contributed by atoms with van der Waals surface area (Å²) >= 11 is 0. The molecule has 0 aliphatic heterocycles. The third kappa shape index (κ3) is 2.51. The van der Waals surface area contributed by atoms with Crippen LogP contribution in [0.2, 0.25) is 0 Å². The Bertz CT molecular complexity index is 912. The minimum absolute atomic E-state index is 0.249. The van der Waals surface area contributed by atoms with Crippen LogP contribution in [0.3, 0.4) is 0 Å². The first-order chi connectivity index (χ1) is 11.7. The van der Waals surface area contributed by atoms with Crippen molar-refractivity contribution in [2.45, 2.75) is 12.8 Å². The second-order valence-electron chi connectivity index (χ2n) is 6.42. The number of hydrogen-bond acceptors (Lipinski definition) is 0. The van der Waals surface area contributed by atoms with Gasteiger partial charge < -0.3 is 0 Å². The molecule has 1 aliphatic carbocycles. The van der Waals surface area contributed by atoms with E-state index >= 15 is 0 Å². The molecule has 0 spiro atoms. The molecule has 4 rings (SSSR count). The molecule has 1 atom stereocenters. The van der Waals surface area contributed by atoms with Gasteiger partial charge in [-0.15, -0.1) is 0 Å². The van der Waals surface area contributed by atoms with Crippen LogP contribution in [0.4, 0.5) is 0 Å². The summed E-state index contributed by atoms with van der Waals surface area (Å²) in [4.78, 5) is 0. The van der Waals surface area contributed by atoms with Crippen molar-refractivity contribution in [3.8, 4) is 0 Å². The van der Waals surface area contributed by atoms with Crippen LogP contribution >= 0.6 is 0 Å². The van der Waals surface area contributed by atoms with Crippen molar-refractivity contribution in [2.75, 3.05) is 0 Å². The van der Waals surface area contributed by atoms with Gasteiger partial charge in [-0.25, -0.2) is 0 Å². The fraction of sp³-hybridized carbons (Fsp3) is 0.0833. The van der Waals surface area contributed by atoms with E-state index < -0.39 is 0 Å². The van der Waals surface area contributed by atoms with Crippen LogP contribution < -0.4 is 0 Å². The molecule has 1 unspecified atom stereocenters. The predicted molar refractivity (Wildman–Crippen MR) is 103 cm³/mol. The number of hydrogen-bond donors (Lipinski definition) is 0. The molecular formula is C24H20. The Morgan fingerprint density at radius 3 is 2.21 bits per heavy atom. The van der Waals surface area contributed by atoms with Gasteiger partial charge in [-0.2, -0.15) is 0 Å². The maximum absolute atomic E-state index is 4.45. The van der Waals surface area contributed by atoms with Crippen LogP contribution in [0, 0.1) is 6.92 Å². The zero-order chi connectivity index (χ0) is 16.5.